The Kier molecular flexibility index (Phi) is 20.9. The summed E-state index contributed by atoms with van der Waals surface area (Å²) in [7, 11) is 0. The average Bonchev–Trinajstić information content (AvgIpc) is 1.55. The van der Waals surface area contributed by atoms with Crippen LogP contribution in [-0.2, 0) is 0 Å². The number of nitrogens with zero attached hydrogens (tertiary/aromatic N) is 9. The fourth-order valence-corrected chi connectivity index (χ4v) is 28.2. The molecule has 0 N–H and O–H groups in total. The second kappa shape index (κ2) is 35.3. The van der Waals surface area contributed by atoms with Crippen molar-refractivity contribution >= 4 is 190 Å². The molecule has 17 aromatic carbocycles. The van der Waals surface area contributed by atoms with E-state index < -0.39 is 0 Å². The highest BCUT2D eigenvalue weighted by molar-refractivity contribution is 7.38. The maximum absolute atomic E-state index is 5.04. The molecule has 0 aliphatic heterocycles. The lowest BCUT2D eigenvalue weighted by molar-refractivity contribution is 1.17. The average molecular weight is 1910 g/mol. The highest BCUT2D eigenvalue weighted by atomic mass is 32.1. The lowest BCUT2D eigenvalue weighted by Gasteiger charge is -2.11. The zero-order valence-electron chi connectivity index (χ0n) is 75.4. The predicted octanol–water partition coefficient (Wildman–Crippen LogP) is 36.3. The Balaban J connectivity index is 0.000000106. The molecular weight excluding hydrogens is 1830 g/mol. The van der Waals surface area contributed by atoms with Crippen LogP contribution >= 0.6 is 68.0 Å². The lowest BCUT2D eigenvalue weighted by Crippen LogP contribution is -1.97. The van der Waals surface area contributed by atoms with Gasteiger partial charge in [0.05, 0.1) is 78.9 Å². The van der Waals surface area contributed by atoms with E-state index in [0.717, 1.165) is 107 Å². The summed E-state index contributed by atoms with van der Waals surface area (Å²) >= 11 is 11.4. The molecule has 0 bridgehead atoms. The van der Waals surface area contributed by atoms with E-state index in [2.05, 4.69) is 396 Å². The Morgan fingerprint density at radius 1 is 0.149 bits per heavy atom. The highest BCUT2D eigenvalue weighted by Gasteiger charge is 2.27. The summed E-state index contributed by atoms with van der Waals surface area (Å²) < 4.78 is 19.5. The second-order valence-corrected chi connectivity index (χ2v) is 41.2. The van der Waals surface area contributed by atoms with Crippen LogP contribution in [0.4, 0.5) is 0 Å². The van der Waals surface area contributed by atoms with Crippen molar-refractivity contribution in [2.75, 3.05) is 0 Å². The van der Waals surface area contributed by atoms with Crippen molar-refractivity contribution in [2.24, 2.45) is 0 Å². The number of para-hydroxylation sites is 4. The fourth-order valence-electron chi connectivity index (χ4n) is 19.8. The Morgan fingerprint density at radius 2 is 0.390 bits per heavy atom. The number of fused-ring (bicyclic) bond motifs is 21. The first-order chi connectivity index (χ1) is 69.9. The van der Waals surface area contributed by atoms with Crippen molar-refractivity contribution in [3.63, 3.8) is 0 Å². The lowest BCUT2D eigenvalue weighted by atomic mass is 10.0. The molecule has 0 unspecified atom stereocenters. The normalized spacial score (nSPS) is 11.7. The molecule has 0 saturated heterocycles. The molecule has 662 valence electrons. The van der Waals surface area contributed by atoms with Gasteiger partial charge in [0.25, 0.3) is 0 Å². The number of thiophene rings is 6. The number of hydrogen-bond acceptors (Lipinski definition) is 12. The summed E-state index contributed by atoms with van der Waals surface area (Å²) in [6.45, 7) is 0. The molecule has 15 heteroatoms. The van der Waals surface area contributed by atoms with Crippen molar-refractivity contribution in [3.05, 3.63) is 467 Å². The number of benzene rings is 17. The minimum Gasteiger partial charge on any atom is -0.301 e. The summed E-state index contributed by atoms with van der Waals surface area (Å²) in [5.41, 5.74) is 26.9. The molecule has 0 spiro atoms. The van der Waals surface area contributed by atoms with E-state index in [1.807, 2.05) is 153 Å². The maximum Gasteiger partial charge on any atom is 0.160 e. The van der Waals surface area contributed by atoms with Gasteiger partial charge in [-0.25, -0.2) is 29.9 Å². The molecule has 141 heavy (non-hydrogen) atoms. The van der Waals surface area contributed by atoms with Gasteiger partial charge in [0.15, 0.2) is 17.5 Å². The van der Waals surface area contributed by atoms with Crippen LogP contribution in [0.1, 0.15) is 0 Å². The zero-order chi connectivity index (χ0) is 93.0. The summed E-state index contributed by atoms with van der Waals surface area (Å²) in [4.78, 5) is 34.1. The largest absolute Gasteiger partial charge is 0.301 e. The Labute approximate surface area is 834 Å². The summed E-state index contributed by atoms with van der Waals surface area (Å²) in [5, 5.41) is 12.0. The van der Waals surface area contributed by atoms with Crippen molar-refractivity contribution < 1.29 is 0 Å². The number of rotatable bonds is 14. The monoisotopic (exact) mass is 1910 g/mol. The van der Waals surface area contributed by atoms with E-state index >= 15 is 0 Å². The Bertz CT molecular complexity index is 9640. The summed E-state index contributed by atoms with van der Waals surface area (Å²) in [6, 6.07) is 165. The van der Waals surface area contributed by atoms with Crippen LogP contribution in [0, 0.1) is 0 Å². The molecule has 0 radical (unpaired) electrons. The van der Waals surface area contributed by atoms with Gasteiger partial charge in [-0.1, -0.05) is 352 Å². The molecule has 0 fully saturated rings. The van der Waals surface area contributed by atoms with Gasteiger partial charge in [-0.15, -0.1) is 68.0 Å². The van der Waals surface area contributed by atoms with Crippen molar-refractivity contribution in [1.82, 2.24) is 43.6 Å². The smallest absolute Gasteiger partial charge is 0.160 e. The first-order valence-electron chi connectivity index (χ1n) is 46.9. The minimum atomic E-state index is 0.717. The van der Waals surface area contributed by atoms with Crippen LogP contribution in [0.5, 0.6) is 0 Å². The predicted molar refractivity (Wildman–Crippen MR) is 601 cm³/mol. The zero-order valence-corrected chi connectivity index (χ0v) is 80.3. The third-order valence-corrected chi connectivity index (χ3v) is 34.1. The van der Waals surface area contributed by atoms with Gasteiger partial charge in [0, 0.05) is 130 Å². The fraction of sp³-hybridized carbons (Fsp3) is 0. The SMILES string of the molecule is c1ccc(-c2cc(-c3ccccc3)nc(-c3ccc(-c4ccc5c(c4)c4c6sc7ccccc7c6sc4n5-c4ccccc4)cc3)n2)cc1.c1ccc(-c2cc(-c3ccccc3)nc(-c3ccc(-c4ccc5sc6c(sc7c6c6ccccc6n7-c6ccccc6)c5c4)cc3)n2)cc1.c1ccc(-c2cc(-c3ccccc3)nc(-c3ccc(-n4c5ccccc5c5c6sc7ccccc7c6sc54)cc3)n2)cc1. The van der Waals surface area contributed by atoms with Crippen LogP contribution in [0.3, 0.4) is 0 Å². The summed E-state index contributed by atoms with van der Waals surface area (Å²) in [6.07, 6.45) is 0. The molecule has 9 nitrogen and oxygen atoms in total. The topological polar surface area (TPSA) is 92.1 Å². The second-order valence-electron chi connectivity index (χ2n) is 35.1. The molecule has 12 heterocycles. The summed E-state index contributed by atoms with van der Waals surface area (Å²) in [5.74, 6) is 2.16. The van der Waals surface area contributed by atoms with Gasteiger partial charge < -0.3 is 13.7 Å². The van der Waals surface area contributed by atoms with Gasteiger partial charge in [-0.2, -0.15) is 0 Å². The Morgan fingerprint density at radius 3 is 0.738 bits per heavy atom. The maximum atomic E-state index is 5.04. The van der Waals surface area contributed by atoms with Gasteiger partial charge >= 0.3 is 0 Å². The van der Waals surface area contributed by atoms with Crippen LogP contribution in [0.25, 0.3) is 263 Å². The van der Waals surface area contributed by atoms with Crippen LogP contribution < -0.4 is 0 Å². The third-order valence-electron chi connectivity index (χ3n) is 26.6. The number of hydrogen-bond donors (Lipinski definition) is 0. The molecule has 0 aliphatic carbocycles. The first kappa shape index (κ1) is 83.5. The van der Waals surface area contributed by atoms with E-state index in [1.165, 1.54) is 150 Å². The van der Waals surface area contributed by atoms with Crippen molar-refractivity contribution in [3.8, 4) is 141 Å². The molecule has 0 amide bonds. The quantitative estimate of drug-likeness (QED) is 0.108. The van der Waals surface area contributed by atoms with Crippen LogP contribution in [0.2, 0.25) is 0 Å². The van der Waals surface area contributed by atoms with Gasteiger partial charge in [0.2, 0.25) is 0 Å². The van der Waals surface area contributed by atoms with Crippen molar-refractivity contribution in [2.45, 2.75) is 0 Å². The minimum absolute atomic E-state index is 0.717. The standard InChI is InChI=1S/2C44H27N3S2.C38H23N3S2/c1-4-12-29(13-5-1)36-27-37(30-14-6-2-7-15-30)46-43(45-36)31-22-20-28(21-23-31)32-24-25-38-35(26-32)40-42-41(34-18-10-11-19-39(34)48-42)49-44(40)47(38)33-16-8-3-9-17-33;1-4-12-29(13-5-1)36-27-37(30-14-6-2-7-15-30)46-43(45-36)31-22-20-28(21-23-31)32-24-25-39-35(26-32)41-42(48-39)40-34-18-10-11-19-38(34)47(44(40)49-41)33-16-8-3-9-17-33;1-3-11-24(12-4-1)30-23-31(25-13-5-2-6-14-25)40-37(39-30)26-19-21-27(22-20-26)41-32-17-9-7-15-28(32)34-36-35(43-38(34)41)29-16-8-10-18-33(29)42-36/h2*1-27H;1-23H. The van der Waals surface area contributed by atoms with Gasteiger partial charge in [-0.3, -0.25) is 0 Å². The van der Waals surface area contributed by atoms with Gasteiger partial charge in [-0.05, 0) is 138 Å². The van der Waals surface area contributed by atoms with E-state index in [0.29, 0.717) is 5.82 Å². The van der Waals surface area contributed by atoms with E-state index in [4.69, 9.17) is 29.9 Å². The number of aromatic nitrogens is 9. The van der Waals surface area contributed by atoms with Gasteiger partial charge in [0.1, 0.15) is 14.5 Å². The molecule has 29 aromatic rings. The van der Waals surface area contributed by atoms with E-state index in [9.17, 15) is 0 Å². The molecular formula is C126H77N9S6. The molecule has 29 rings (SSSR count). The third kappa shape index (κ3) is 15.0. The molecule has 0 atom stereocenters. The highest BCUT2D eigenvalue weighted by Crippen LogP contribution is 2.54. The van der Waals surface area contributed by atoms with E-state index in [1.54, 1.807) is 0 Å². The van der Waals surface area contributed by atoms with Crippen LogP contribution in [-0.4, -0.2) is 43.6 Å². The van der Waals surface area contributed by atoms with Crippen molar-refractivity contribution in [1.29, 1.82) is 0 Å². The molecule has 0 aliphatic rings. The van der Waals surface area contributed by atoms with Crippen LogP contribution in [0.15, 0.2) is 467 Å². The van der Waals surface area contributed by atoms with E-state index in [-0.39, 0.29) is 0 Å². The first-order valence-corrected chi connectivity index (χ1v) is 51.8. The molecule has 12 aromatic heterocycles. The molecule has 0 saturated carbocycles. The Hall–Kier alpha value is -16.9.